The predicted octanol–water partition coefficient (Wildman–Crippen LogP) is 1.29. The molecular formula is C22H23N3O5. The number of carbonyl (C=O) groups is 2. The highest BCUT2D eigenvalue weighted by Gasteiger charge is 2.58. The van der Waals surface area contributed by atoms with Crippen molar-refractivity contribution in [1.82, 2.24) is 14.5 Å². The lowest BCUT2D eigenvalue weighted by atomic mass is 9.83. The topological polar surface area (TPSA) is 113 Å². The van der Waals surface area contributed by atoms with E-state index in [2.05, 4.69) is 4.98 Å². The van der Waals surface area contributed by atoms with Gasteiger partial charge >= 0.3 is 5.97 Å². The molecule has 2 aromatic rings. The third-order valence-electron chi connectivity index (χ3n) is 7.03. The number of aromatic nitrogens is 2. The van der Waals surface area contributed by atoms with Gasteiger partial charge in [0, 0.05) is 48.6 Å². The molecule has 0 aromatic carbocycles. The maximum Gasteiger partial charge on any atom is 0.309 e. The molecule has 0 unspecified atom stereocenters. The van der Waals surface area contributed by atoms with Crippen LogP contribution in [0.4, 0.5) is 0 Å². The van der Waals surface area contributed by atoms with Crippen LogP contribution in [0.3, 0.4) is 0 Å². The van der Waals surface area contributed by atoms with E-state index < -0.39 is 29.9 Å². The van der Waals surface area contributed by atoms with Crippen LogP contribution in [0.5, 0.6) is 0 Å². The highest BCUT2D eigenvalue weighted by molar-refractivity contribution is 5.83. The fourth-order valence-electron chi connectivity index (χ4n) is 5.31. The number of aliphatic hydroxyl groups excluding tert-OH is 1. The lowest BCUT2D eigenvalue weighted by Gasteiger charge is -2.41. The van der Waals surface area contributed by atoms with Gasteiger partial charge in [0.05, 0.1) is 18.0 Å². The van der Waals surface area contributed by atoms with Crippen LogP contribution < -0.4 is 5.56 Å². The Kier molecular flexibility index (Phi) is 4.47. The molecule has 2 fully saturated rings. The molecule has 5 rings (SSSR count). The van der Waals surface area contributed by atoms with E-state index in [0.29, 0.717) is 11.3 Å². The number of carboxylic acids is 1. The Labute approximate surface area is 172 Å². The summed E-state index contributed by atoms with van der Waals surface area (Å²) in [6.07, 6.45) is 5.85. The standard InChI is InChI=1S/C22H23N3O5/c26-11-15-17-10-24-16(5-4-14(21(24)28)12-6-8-23-9-7-12)19(18(15)22(29)30)25(17)20(27)13-2-1-3-13/h4-9,13,15,17-19,26H,1-3,10-11H2,(H,29,30)/t15-,17-,18+,19+/m1/s1. The molecule has 156 valence electrons. The van der Waals surface area contributed by atoms with Crippen molar-refractivity contribution in [3.8, 4) is 11.1 Å². The maximum atomic E-state index is 13.3. The minimum absolute atomic E-state index is 0.0460. The average molecular weight is 409 g/mol. The fraction of sp³-hybridized carbons (Fsp3) is 0.455. The molecule has 1 saturated carbocycles. The Balaban J connectivity index is 1.65. The lowest BCUT2D eigenvalue weighted by Crippen LogP contribution is -2.51. The van der Waals surface area contributed by atoms with Gasteiger partial charge in [0.1, 0.15) is 0 Å². The molecule has 2 aliphatic heterocycles. The number of carbonyl (C=O) groups excluding carboxylic acids is 1. The first-order chi connectivity index (χ1) is 14.5. The molecule has 8 nitrogen and oxygen atoms in total. The second-order valence-corrected chi connectivity index (χ2v) is 8.42. The Morgan fingerprint density at radius 2 is 1.87 bits per heavy atom. The molecule has 2 bridgehead atoms. The average Bonchev–Trinajstić information content (AvgIpc) is 2.95. The second-order valence-electron chi connectivity index (χ2n) is 8.42. The SMILES string of the molecule is O=C(O)[C@H]1[C@H](CO)[C@H]2Cn3c(ccc(-c4ccncc4)c3=O)[C@@H]1N2C(=O)C1CCC1. The van der Waals surface area contributed by atoms with Gasteiger partial charge in [0.2, 0.25) is 5.91 Å². The van der Waals surface area contributed by atoms with Crippen molar-refractivity contribution in [3.05, 3.63) is 52.7 Å². The van der Waals surface area contributed by atoms with Gasteiger partial charge in [-0.25, -0.2) is 0 Å². The molecule has 0 spiro atoms. The Morgan fingerprint density at radius 1 is 1.13 bits per heavy atom. The second kappa shape index (κ2) is 7.05. The summed E-state index contributed by atoms with van der Waals surface area (Å²) >= 11 is 0. The lowest BCUT2D eigenvalue weighted by molar-refractivity contribution is -0.146. The van der Waals surface area contributed by atoms with E-state index in [1.165, 1.54) is 0 Å². The molecule has 2 aromatic heterocycles. The normalized spacial score (nSPS) is 27.4. The molecule has 2 N–H and O–H groups in total. The van der Waals surface area contributed by atoms with Gasteiger partial charge in [0.15, 0.2) is 0 Å². The van der Waals surface area contributed by atoms with Crippen LogP contribution in [0, 0.1) is 17.8 Å². The first-order valence-electron chi connectivity index (χ1n) is 10.3. The number of aliphatic hydroxyl groups is 1. The molecule has 8 heteroatoms. The quantitative estimate of drug-likeness (QED) is 0.787. The van der Waals surface area contributed by atoms with Gasteiger partial charge in [-0.1, -0.05) is 6.42 Å². The molecule has 30 heavy (non-hydrogen) atoms. The number of rotatable bonds is 4. The van der Waals surface area contributed by atoms with Crippen LogP contribution in [0.2, 0.25) is 0 Å². The first-order valence-corrected chi connectivity index (χ1v) is 10.3. The van der Waals surface area contributed by atoms with E-state index in [-0.39, 0.29) is 30.5 Å². The third-order valence-corrected chi connectivity index (χ3v) is 7.03. The zero-order chi connectivity index (χ0) is 21.0. The predicted molar refractivity (Wildman–Crippen MR) is 106 cm³/mol. The number of hydrogen-bond donors (Lipinski definition) is 2. The van der Waals surface area contributed by atoms with Crippen molar-refractivity contribution >= 4 is 11.9 Å². The van der Waals surface area contributed by atoms with Crippen molar-refractivity contribution < 1.29 is 19.8 Å². The van der Waals surface area contributed by atoms with Crippen LogP contribution in [-0.2, 0) is 16.1 Å². The number of aliphatic carboxylic acids is 1. The number of nitrogens with zero attached hydrogens (tertiary/aromatic N) is 3. The highest BCUT2D eigenvalue weighted by atomic mass is 16.4. The zero-order valence-corrected chi connectivity index (χ0v) is 16.3. The zero-order valence-electron chi connectivity index (χ0n) is 16.3. The number of hydrogen-bond acceptors (Lipinski definition) is 5. The first kappa shape index (κ1) is 19.0. The Hall–Kier alpha value is -3.00. The van der Waals surface area contributed by atoms with Gasteiger partial charge < -0.3 is 19.7 Å². The molecule has 4 atom stereocenters. The summed E-state index contributed by atoms with van der Waals surface area (Å²) in [7, 11) is 0. The van der Waals surface area contributed by atoms with Crippen LogP contribution >= 0.6 is 0 Å². The number of fused-ring (bicyclic) bond motifs is 4. The van der Waals surface area contributed by atoms with Crippen LogP contribution in [-0.4, -0.2) is 49.2 Å². The summed E-state index contributed by atoms with van der Waals surface area (Å²) in [5, 5.41) is 20.0. The summed E-state index contributed by atoms with van der Waals surface area (Å²) in [6.45, 7) is -0.149. The maximum absolute atomic E-state index is 13.3. The summed E-state index contributed by atoms with van der Waals surface area (Å²) in [5.74, 6) is -2.73. The third kappa shape index (κ3) is 2.63. The van der Waals surface area contributed by atoms with Crippen molar-refractivity contribution in [2.24, 2.45) is 17.8 Å². The monoisotopic (exact) mass is 409 g/mol. The molecular weight excluding hydrogens is 386 g/mol. The minimum Gasteiger partial charge on any atom is -0.481 e. The molecule has 0 radical (unpaired) electrons. The van der Waals surface area contributed by atoms with Crippen molar-refractivity contribution in [2.75, 3.05) is 6.61 Å². The van der Waals surface area contributed by atoms with Crippen LogP contribution in [0.1, 0.15) is 31.0 Å². The van der Waals surface area contributed by atoms with Gasteiger partial charge in [0.25, 0.3) is 5.56 Å². The fourth-order valence-corrected chi connectivity index (χ4v) is 5.31. The van der Waals surface area contributed by atoms with Crippen molar-refractivity contribution in [1.29, 1.82) is 0 Å². The van der Waals surface area contributed by atoms with Gasteiger partial charge in [-0.3, -0.25) is 19.4 Å². The molecule has 3 aliphatic rings. The van der Waals surface area contributed by atoms with E-state index in [9.17, 15) is 24.6 Å². The Bertz CT molecular complexity index is 1060. The summed E-state index contributed by atoms with van der Waals surface area (Å²) in [4.78, 5) is 44.4. The number of amides is 1. The van der Waals surface area contributed by atoms with Crippen LogP contribution in [0.15, 0.2) is 41.5 Å². The van der Waals surface area contributed by atoms with Crippen molar-refractivity contribution in [3.63, 3.8) is 0 Å². The van der Waals surface area contributed by atoms with E-state index in [1.54, 1.807) is 46.1 Å². The summed E-state index contributed by atoms with van der Waals surface area (Å²) in [5.41, 5.74) is 1.56. The van der Waals surface area contributed by atoms with Gasteiger partial charge in [-0.15, -0.1) is 0 Å². The van der Waals surface area contributed by atoms with Crippen molar-refractivity contribution in [2.45, 2.75) is 37.9 Å². The molecule has 1 saturated heterocycles. The van der Waals surface area contributed by atoms with Crippen LogP contribution in [0.25, 0.3) is 11.1 Å². The van der Waals surface area contributed by atoms with E-state index >= 15 is 0 Å². The van der Waals surface area contributed by atoms with E-state index in [4.69, 9.17) is 0 Å². The largest absolute Gasteiger partial charge is 0.481 e. The van der Waals surface area contributed by atoms with Gasteiger partial charge in [-0.05, 0) is 42.7 Å². The van der Waals surface area contributed by atoms with E-state index in [1.807, 2.05) is 0 Å². The smallest absolute Gasteiger partial charge is 0.309 e. The van der Waals surface area contributed by atoms with Gasteiger partial charge in [-0.2, -0.15) is 0 Å². The molecule has 1 aliphatic carbocycles. The molecule has 4 heterocycles. The number of carboxylic acid groups (broad SMARTS) is 1. The number of pyridine rings is 2. The summed E-state index contributed by atoms with van der Waals surface area (Å²) < 4.78 is 1.60. The summed E-state index contributed by atoms with van der Waals surface area (Å²) in [6, 6.07) is 5.71. The Morgan fingerprint density at radius 3 is 2.47 bits per heavy atom. The van der Waals surface area contributed by atoms with E-state index in [0.717, 1.165) is 24.8 Å². The minimum atomic E-state index is -1.05. The molecule has 1 amide bonds. The highest BCUT2D eigenvalue weighted by Crippen LogP contribution is 2.50.